The SMILES string of the molecule is CCCCCCNC(=O)CCn1cncn1. The molecule has 1 aromatic rings. The van der Waals surface area contributed by atoms with E-state index >= 15 is 0 Å². The quantitative estimate of drug-likeness (QED) is 0.678. The van der Waals surface area contributed by atoms with E-state index in [1.807, 2.05) is 0 Å². The summed E-state index contributed by atoms with van der Waals surface area (Å²) in [6.45, 7) is 3.56. The van der Waals surface area contributed by atoms with Gasteiger partial charge in [0.1, 0.15) is 12.7 Å². The van der Waals surface area contributed by atoms with Crippen LogP contribution < -0.4 is 5.32 Å². The molecule has 0 saturated carbocycles. The third-order valence-electron chi connectivity index (χ3n) is 2.39. The molecule has 0 radical (unpaired) electrons. The average molecular weight is 224 g/mol. The van der Waals surface area contributed by atoms with Gasteiger partial charge in [-0.05, 0) is 6.42 Å². The van der Waals surface area contributed by atoms with Crippen LogP contribution in [0.1, 0.15) is 39.0 Å². The van der Waals surface area contributed by atoms with E-state index < -0.39 is 0 Å². The van der Waals surface area contributed by atoms with Crippen LogP contribution in [0, 0.1) is 0 Å². The van der Waals surface area contributed by atoms with Crippen molar-refractivity contribution in [2.45, 2.75) is 45.6 Å². The van der Waals surface area contributed by atoms with Crippen LogP contribution in [0.3, 0.4) is 0 Å². The Balaban J connectivity index is 1.99. The summed E-state index contributed by atoms with van der Waals surface area (Å²) in [5.41, 5.74) is 0. The molecule has 1 aromatic heterocycles. The zero-order valence-electron chi connectivity index (χ0n) is 9.85. The van der Waals surface area contributed by atoms with E-state index in [0.29, 0.717) is 13.0 Å². The number of rotatable bonds is 8. The average Bonchev–Trinajstić information content (AvgIpc) is 2.79. The molecule has 16 heavy (non-hydrogen) atoms. The first-order chi connectivity index (χ1) is 7.83. The lowest BCUT2D eigenvalue weighted by molar-refractivity contribution is -0.121. The monoisotopic (exact) mass is 224 g/mol. The topological polar surface area (TPSA) is 59.8 Å². The van der Waals surface area contributed by atoms with Gasteiger partial charge in [0.25, 0.3) is 0 Å². The van der Waals surface area contributed by atoms with Gasteiger partial charge in [-0.2, -0.15) is 5.10 Å². The zero-order chi connectivity index (χ0) is 11.6. The number of aryl methyl sites for hydroxylation is 1. The summed E-state index contributed by atoms with van der Waals surface area (Å²) in [6, 6.07) is 0. The predicted octanol–water partition coefficient (Wildman–Crippen LogP) is 1.36. The van der Waals surface area contributed by atoms with Crippen LogP contribution in [0.4, 0.5) is 0 Å². The Morgan fingerprint density at radius 1 is 1.38 bits per heavy atom. The molecule has 0 spiro atoms. The first-order valence-corrected chi connectivity index (χ1v) is 5.92. The number of carbonyl (C=O) groups excluding carboxylic acids is 1. The fraction of sp³-hybridized carbons (Fsp3) is 0.727. The van der Waals surface area contributed by atoms with Crippen molar-refractivity contribution in [2.75, 3.05) is 6.54 Å². The van der Waals surface area contributed by atoms with Gasteiger partial charge in [0.15, 0.2) is 0 Å². The molecule has 90 valence electrons. The van der Waals surface area contributed by atoms with E-state index in [9.17, 15) is 4.79 Å². The second-order valence-corrected chi connectivity index (χ2v) is 3.82. The maximum atomic E-state index is 11.4. The highest BCUT2D eigenvalue weighted by atomic mass is 16.1. The number of unbranched alkanes of at least 4 members (excludes halogenated alkanes) is 3. The minimum atomic E-state index is 0.0898. The van der Waals surface area contributed by atoms with Crippen molar-refractivity contribution in [3.63, 3.8) is 0 Å². The number of nitrogens with one attached hydrogen (secondary N) is 1. The number of aromatic nitrogens is 3. The second kappa shape index (κ2) is 7.84. The molecule has 1 heterocycles. The lowest BCUT2D eigenvalue weighted by Crippen LogP contribution is -2.25. The molecule has 1 N–H and O–H groups in total. The molecule has 0 atom stereocenters. The van der Waals surface area contributed by atoms with Crippen LogP contribution in [-0.2, 0) is 11.3 Å². The third-order valence-corrected chi connectivity index (χ3v) is 2.39. The summed E-state index contributed by atoms with van der Waals surface area (Å²) in [6.07, 6.45) is 8.30. The minimum Gasteiger partial charge on any atom is -0.356 e. The summed E-state index contributed by atoms with van der Waals surface area (Å²) in [5, 5.41) is 6.84. The summed E-state index contributed by atoms with van der Waals surface area (Å²) >= 11 is 0. The fourth-order valence-electron chi connectivity index (χ4n) is 1.43. The molecule has 0 bridgehead atoms. The van der Waals surface area contributed by atoms with Crippen LogP contribution in [0.2, 0.25) is 0 Å². The van der Waals surface area contributed by atoms with Crippen molar-refractivity contribution < 1.29 is 4.79 Å². The largest absolute Gasteiger partial charge is 0.356 e. The molecule has 0 aliphatic rings. The van der Waals surface area contributed by atoms with Crippen molar-refractivity contribution >= 4 is 5.91 Å². The molecule has 0 aliphatic heterocycles. The van der Waals surface area contributed by atoms with E-state index in [1.54, 1.807) is 11.0 Å². The third kappa shape index (κ3) is 5.48. The first-order valence-electron chi connectivity index (χ1n) is 5.92. The first kappa shape index (κ1) is 12.7. The number of amides is 1. The van der Waals surface area contributed by atoms with Crippen molar-refractivity contribution in [2.24, 2.45) is 0 Å². The zero-order valence-corrected chi connectivity index (χ0v) is 9.85. The molecule has 0 unspecified atom stereocenters. The summed E-state index contributed by atoms with van der Waals surface area (Å²) in [7, 11) is 0. The highest BCUT2D eigenvalue weighted by Crippen LogP contribution is 1.97. The fourth-order valence-corrected chi connectivity index (χ4v) is 1.43. The van der Waals surface area contributed by atoms with Crippen molar-refractivity contribution in [1.82, 2.24) is 20.1 Å². The van der Waals surface area contributed by atoms with Crippen molar-refractivity contribution in [3.8, 4) is 0 Å². The Hall–Kier alpha value is -1.39. The molecule has 0 aliphatic carbocycles. The van der Waals surface area contributed by atoms with E-state index in [1.165, 1.54) is 25.6 Å². The van der Waals surface area contributed by atoms with Crippen LogP contribution in [0.5, 0.6) is 0 Å². The molecule has 1 rings (SSSR count). The van der Waals surface area contributed by atoms with Crippen LogP contribution in [0.25, 0.3) is 0 Å². The Labute approximate surface area is 96.3 Å². The summed E-state index contributed by atoms with van der Waals surface area (Å²) in [5.74, 6) is 0.0898. The van der Waals surface area contributed by atoms with E-state index in [0.717, 1.165) is 13.0 Å². The Morgan fingerprint density at radius 3 is 2.94 bits per heavy atom. The number of nitrogens with zero attached hydrogens (tertiary/aromatic N) is 3. The maximum absolute atomic E-state index is 11.4. The lowest BCUT2D eigenvalue weighted by atomic mass is 10.2. The van der Waals surface area contributed by atoms with Crippen molar-refractivity contribution in [3.05, 3.63) is 12.7 Å². The van der Waals surface area contributed by atoms with Crippen LogP contribution in [-0.4, -0.2) is 27.2 Å². The maximum Gasteiger partial charge on any atom is 0.221 e. The van der Waals surface area contributed by atoms with Crippen LogP contribution >= 0.6 is 0 Å². The van der Waals surface area contributed by atoms with Gasteiger partial charge in [0.05, 0.1) is 6.54 Å². The van der Waals surface area contributed by atoms with Crippen molar-refractivity contribution in [1.29, 1.82) is 0 Å². The van der Waals surface area contributed by atoms with E-state index in [2.05, 4.69) is 22.3 Å². The molecular weight excluding hydrogens is 204 g/mol. The molecule has 1 amide bonds. The predicted molar refractivity (Wildman–Crippen MR) is 61.8 cm³/mol. The Bertz CT molecular complexity index is 284. The van der Waals surface area contributed by atoms with Gasteiger partial charge in [0.2, 0.25) is 5.91 Å². The molecule has 5 nitrogen and oxygen atoms in total. The standard InChI is InChI=1S/C11H20N4O/c1-2-3-4-5-7-13-11(16)6-8-15-10-12-9-14-15/h9-10H,2-8H2,1H3,(H,13,16). The molecule has 0 aromatic carbocycles. The highest BCUT2D eigenvalue weighted by molar-refractivity contribution is 5.75. The minimum absolute atomic E-state index is 0.0898. The van der Waals surface area contributed by atoms with E-state index in [-0.39, 0.29) is 5.91 Å². The van der Waals surface area contributed by atoms with E-state index in [4.69, 9.17) is 0 Å². The van der Waals surface area contributed by atoms with Crippen LogP contribution in [0.15, 0.2) is 12.7 Å². The molecule has 0 fully saturated rings. The van der Waals surface area contributed by atoms with Gasteiger partial charge in [-0.1, -0.05) is 26.2 Å². The normalized spacial score (nSPS) is 10.3. The summed E-state index contributed by atoms with van der Waals surface area (Å²) < 4.78 is 1.66. The van der Waals surface area contributed by atoms with Gasteiger partial charge in [-0.3, -0.25) is 9.48 Å². The van der Waals surface area contributed by atoms with Gasteiger partial charge < -0.3 is 5.32 Å². The highest BCUT2D eigenvalue weighted by Gasteiger charge is 2.01. The number of hydrogen-bond donors (Lipinski definition) is 1. The molecule has 0 saturated heterocycles. The second-order valence-electron chi connectivity index (χ2n) is 3.82. The lowest BCUT2D eigenvalue weighted by Gasteiger charge is -2.04. The number of hydrogen-bond acceptors (Lipinski definition) is 3. The number of carbonyl (C=O) groups is 1. The van der Waals surface area contributed by atoms with Gasteiger partial charge in [-0.25, -0.2) is 4.98 Å². The van der Waals surface area contributed by atoms with Gasteiger partial charge in [0, 0.05) is 13.0 Å². The Morgan fingerprint density at radius 2 is 2.25 bits per heavy atom. The summed E-state index contributed by atoms with van der Waals surface area (Å²) in [4.78, 5) is 15.2. The Kier molecular flexibility index (Phi) is 6.22. The van der Waals surface area contributed by atoms with Gasteiger partial charge >= 0.3 is 0 Å². The smallest absolute Gasteiger partial charge is 0.221 e. The van der Waals surface area contributed by atoms with Gasteiger partial charge in [-0.15, -0.1) is 0 Å². The molecule has 5 heteroatoms. The molecular formula is C11H20N4O.